The van der Waals surface area contributed by atoms with E-state index in [4.69, 9.17) is 13.9 Å². The molecule has 2 aromatic rings. The largest absolute Gasteiger partial charge is 0.423 e. The number of carbonyl (C=O) groups excluding carboxylic acids is 1. The summed E-state index contributed by atoms with van der Waals surface area (Å²) in [6.45, 7) is 2.50. The van der Waals surface area contributed by atoms with E-state index in [9.17, 15) is 4.79 Å². The molecule has 1 N–H and O–H groups in total. The molecule has 0 atom stereocenters. The highest BCUT2D eigenvalue weighted by molar-refractivity contribution is 5.92. The van der Waals surface area contributed by atoms with Crippen molar-refractivity contribution in [3.63, 3.8) is 0 Å². The minimum atomic E-state index is -0.473. The van der Waals surface area contributed by atoms with Crippen molar-refractivity contribution in [2.24, 2.45) is 0 Å². The molecule has 2 saturated heterocycles. The zero-order valence-electron chi connectivity index (χ0n) is 14.4. The van der Waals surface area contributed by atoms with E-state index in [2.05, 4.69) is 10.3 Å². The van der Waals surface area contributed by atoms with Crippen molar-refractivity contribution in [1.29, 1.82) is 0 Å². The topological polar surface area (TPSA) is 80.1 Å². The normalized spacial score (nSPS) is 19.5. The fraction of sp³-hybridized carbons (Fsp3) is 0.529. The Morgan fingerprint density at radius 2 is 1.96 bits per heavy atom. The van der Waals surface area contributed by atoms with Crippen LogP contribution >= 0.6 is 0 Å². The molecule has 2 aliphatic rings. The van der Waals surface area contributed by atoms with Crippen LogP contribution in [0.15, 0.2) is 22.6 Å². The van der Waals surface area contributed by atoms with Gasteiger partial charge in [-0.1, -0.05) is 0 Å². The van der Waals surface area contributed by atoms with Crippen molar-refractivity contribution in [2.45, 2.75) is 18.6 Å². The Labute approximate surface area is 145 Å². The second-order valence-electron chi connectivity index (χ2n) is 6.60. The molecule has 1 aromatic heterocycles. The molecule has 0 saturated carbocycles. The van der Waals surface area contributed by atoms with Gasteiger partial charge in [-0.25, -0.2) is 4.79 Å². The van der Waals surface area contributed by atoms with Crippen LogP contribution in [0.1, 0.15) is 12.8 Å². The summed E-state index contributed by atoms with van der Waals surface area (Å²) >= 11 is 0. The van der Waals surface area contributed by atoms with Crippen molar-refractivity contribution < 1.29 is 18.7 Å². The van der Waals surface area contributed by atoms with E-state index in [0.717, 1.165) is 0 Å². The van der Waals surface area contributed by atoms with Gasteiger partial charge < -0.3 is 29.0 Å². The van der Waals surface area contributed by atoms with Gasteiger partial charge in [0.05, 0.1) is 13.2 Å². The molecule has 0 radical (unpaired) electrons. The van der Waals surface area contributed by atoms with Gasteiger partial charge in [-0.3, -0.25) is 0 Å². The zero-order chi connectivity index (χ0) is 17.4. The summed E-state index contributed by atoms with van der Waals surface area (Å²) in [6.07, 6.45) is 1.41. The Morgan fingerprint density at radius 3 is 2.64 bits per heavy atom. The van der Waals surface area contributed by atoms with Crippen LogP contribution in [0.5, 0.6) is 0 Å². The highest BCUT2D eigenvalue weighted by atomic mass is 16.7. The second-order valence-corrected chi connectivity index (χ2v) is 6.60. The standard InChI is InChI=1S/C17H22N4O4/c1-20(2)16-19-13-11-12(3-4-14(13)25-16)18-15(22)21-7-5-17(6-8-21)23-9-10-24-17/h3-4,11H,5-10H2,1-2H3,(H,18,22). The molecule has 0 aliphatic carbocycles. The molecule has 3 heterocycles. The highest BCUT2D eigenvalue weighted by Crippen LogP contribution is 2.31. The lowest BCUT2D eigenvalue weighted by molar-refractivity contribution is -0.181. The van der Waals surface area contributed by atoms with E-state index in [1.807, 2.05) is 32.3 Å². The van der Waals surface area contributed by atoms with Gasteiger partial charge in [0, 0.05) is 45.7 Å². The molecule has 1 spiro atoms. The molecule has 8 nitrogen and oxygen atoms in total. The number of ether oxygens (including phenoxy) is 2. The zero-order valence-corrected chi connectivity index (χ0v) is 14.4. The minimum absolute atomic E-state index is 0.122. The van der Waals surface area contributed by atoms with Crippen molar-refractivity contribution in [2.75, 3.05) is 50.6 Å². The Kier molecular flexibility index (Phi) is 4.01. The van der Waals surface area contributed by atoms with E-state index >= 15 is 0 Å². The number of aromatic nitrogens is 1. The molecule has 0 bridgehead atoms. The number of fused-ring (bicyclic) bond motifs is 1. The van der Waals surface area contributed by atoms with E-state index < -0.39 is 5.79 Å². The molecule has 2 fully saturated rings. The lowest BCUT2D eigenvalue weighted by atomic mass is 10.0. The number of anilines is 2. The number of rotatable bonds is 2. The number of hydrogen-bond acceptors (Lipinski definition) is 6. The maximum Gasteiger partial charge on any atom is 0.321 e. The number of nitrogens with one attached hydrogen (secondary N) is 1. The number of hydrogen-bond donors (Lipinski definition) is 1. The summed E-state index contributed by atoms with van der Waals surface area (Å²) in [6, 6.07) is 5.87. The summed E-state index contributed by atoms with van der Waals surface area (Å²) in [5.41, 5.74) is 2.11. The summed E-state index contributed by atoms with van der Waals surface area (Å²) in [5, 5.41) is 2.93. The van der Waals surface area contributed by atoms with Crippen LogP contribution in [0.25, 0.3) is 11.1 Å². The Morgan fingerprint density at radius 1 is 1.24 bits per heavy atom. The van der Waals surface area contributed by atoms with Crippen LogP contribution in [0, 0.1) is 0 Å². The van der Waals surface area contributed by atoms with Crippen LogP contribution in [0.3, 0.4) is 0 Å². The van der Waals surface area contributed by atoms with E-state index in [1.165, 1.54) is 0 Å². The molecular weight excluding hydrogens is 324 g/mol. The quantitative estimate of drug-likeness (QED) is 0.898. The predicted molar refractivity (Wildman–Crippen MR) is 92.8 cm³/mol. The van der Waals surface area contributed by atoms with Crippen LogP contribution in [0.4, 0.5) is 16.5 Å². The Hall–Kier alpha value is -2.32. The number of oxazole rings is 1. The first-order valence-electron chi connectivity index (χ1n) is 8.46. The number of urea groups is 1. The number of piperidine rings is 1. The summed E-state index contributed by atoms with van der Waals surface area (Å²) < 4.78 is 17.0. The van der Waals surface area contributed by atoms with Gasteiger partial charge in [0.2, 0.25) is 0 Å². The molecule has 25 heavy (non-hydrogen) atoms. The second kappa shape index (κ2) is 6.20. The van der Waals surface area contributed by atoms with Crippen LogP contribution in [0.2, 0.25) is 0 Å². The SMILES string of the molecule is CN(C)c1nc2cc(NC(=O)N3CCC4(CC3)OCCO4)ccc2o1. The average molecular weight is 346 g/mol. The molecule has 0 unspecified atom stereocenters. The van der Waals surface area contributed by atoms with Gasteiger partial charge in [-0.15, -0.1) is 0 Å². The highest BCUT2D eigenvalue weighted by Gasteiger charge is 2.40. The molecule has 2 amide bonds. The molecule has 8 heteroatoms. The van der Waals surface area contributed by atoms with Gasteiger partial charge in [-0.05, 0) is 18.2 Å². The van der Waals surface area contributed by atoms with Crippen LogP contribution in [-0.4, -0.2) is 62.1 Å². The van der Waals surface area contributed by atoms with Gasteiger partial charge in [-0.2, -0.15) is 4.98 Å². The first-order valence-corrected chi connectivity index (χ1v) is 8.46. The lowest BCUT2D eigenvalue weighted by Crippen LogP contribution is -2.48. The number of amides is 2. The van der Waals surface area contributed by atoms with Crippen LogP contribution in [-0.2, 0) is 9.47 Å². The Bertz CT molecular complexity index is 772. The van der Waals surface area contributed by atoms with Gasteiger partial charge in [0.25, 0.3) is 6.01 Å². The van der Waals surface area contributed by atoms with Crippen molar-refractivity contribution in [3.8, 4) is 0 Å². The number of benzene rings is 1. The lowest BCUT2D eigenvalue weighted by Gasteiger charge is -2.37. The third-order valence-corrected chi connectivity index (χ3v) is 4.64. The molecule has 2 aliphatic heterocycles. The third kappa shape index (κ3) is 3.14. The molecule has 4 rings (SSSR count). The van der Waals surface area contributed by atoms with Crippen LogP contribution < -0.4 is 10.2 Å². The van der Waals surface area contributed by atoms with E-state index in [1.54, 1.807) is 9.80 Å². The monoisotopic (exact) mass is 346 g/mol. The first-order chi connectivity index (χ1) is 12.0. The van der Waals surface area contributed by atoms with Gasteiger partial charge in [0.1, 0.15) is 5.52 Å². The summed E-state index contributed by atoms with van der Waals surface area (Å²) in [7, 11) is 3.74. The molecule has 1 aromatic carbocycles. The average Bonchev–Trinajstić information content (AvgIpc) is 3.22. The number of nitrogens with zero attached hydrogens (tertiary/aromatic N) is 3. The molecular formula is C17H22N4O4. The molecule has 134 valence electrons. The van der Waals surface area contributed by atoms with E-state index in [-0.39, 0.29) is 6.03 Å². The summed E-state index contributed by atoms with van der Waals surface area (Å²) in [4.78, 5) is 20.5. The van der Waals surface area contributed by atoms with Crippen molar-refractivity contribution >= 4 is 28.8 Å². The maximum atomic E-state index is 12.5. The third-order valence-electron chi connectivity index (χ3n) is 4.64. The van der Waals surface area contributed by atoms with Gasteiger partial charge >= 0.3 is 6.03 Å². The number of likely N-dealkylation sites (tertiary alicyclic amines) is 1. The number of carbonyl (C=O) groups is 1. The first kappa shape index (κ1) is 16.2. The fourth-order valence-corrected chi connectivity index (χ4v) is 3.22. The maximum absolute atomic E-state index is 12.5. The van der Waals surface area contributed by atoms with Crippen molar-refractivity contribution in [3.05, 3.63) is 18.2 Å². The van der Waals surface area contributed by atoms with E-state index in [0.29, 0.717) is 61.9 Å². The minimum Gasteiger partial charge on any atom is -0.423 e. The fourth-order valence-electron chi connectivity index (χ4n) is 3.22. The smallest absolute Gasteiger partial charge is 0.321 e. The van der Waals surface area contributed by atoms with Crippen molar-refractivity contribution in [1.82, 2.24) is 9.88 Å². The predicted octanol–water partition coefficient (Wildman–Crippen LogP) is 2.26. The van der Waals surface area contributed by atoms with Gasteiger partial charge in [0.15, 0.2) is 11.4 Å². The summed E-state index contributed by atoms with van der Waals surface area (Å²) in [5.74, 6) is -0.473. The Balaban J connectivity index is 1.41.